The molecule has 118 valence electrons. The highest BCUT2D eigenvalue weighted by Crippen LogP contribution is 2.42. The summed E-state index contributed by atoms with van der Waals surface area (Å²) in [5.41, 5.74) is 1.20. The molecule has 0 aliphatic carbocycles. The van der Waals surface area contributed by atoms with Gasteiger partial charge in [-0.1, -0.05) is 30.3 Å². The summed E-state index contributed by atoms with van der Waals surface area (Å²) in [6.07, 6.45) is 1.30. The Morgan fingerprint density at radius 1 is 1.36 bits per heavy atom. The van der Waals surface area contributed by atoms with Crippen molar-refractivity contribution in [2.24, 2.45) is 5.92 Å². The maximum absolute atomic E-state index is 12.3. The lowest BCUT2D eigenvalue weighted by Crippen LogP contribution is -2.43. The maximum atomic E-state index is 12.3. The molecule has 5 nitrogen and oxygen atoms in total. The fraction of sp³-hybridized carbons (Fsp3) is 0.529. The molecule has 0 radical (unpaired) electrons. The van der Waals surface area contributed by atoms with Crippen LogP contribution in [0, 0.1) is 5.92 Å². The molecule has 2 fully saturated rings. The van der Waals surface area contributed by atoms with E-state index < -0.39 is 0 Å². The third-order valence-corrected chi connectivity index (χ3v) is 4.65. The van der Waals surface area contributed by atoms with Gasteiger partial charge in [-0.3, -0.25) is 14.6 Å². The number of hydrogen-bond acceptors (Lipinski definition) is 4. The number of carbonyl (C=O) groups excluding carboxylic acids is 2. The van der Waals surface area contributed by atoms with E-state index in [4.69, 9.17) is 4.74 Å². The van der Waals surface area contributed by atoms with Crippen LogP contribution in [0.5, 0.6) is 0 Å². The molecule has 0 spiro atoms. The number of benzene rings is 1. The van der Waals surface area contributed by atoms with Gasteiger partial charge in [0.25, 0.3) is 0 Å². The molecular weight excluding hydrogens is 280 g/mol. The average molecular weight is 302 g/mol. The van der Waals surface area contributed by atoms with Crippen LogP contribution < -0.4 is 0 Å². The normalized spacial score (nSPS) is 26.1. The second kappa shape index (κ2) is 6.08. The molecule has 2 aliphatic heterocycles. The summed E-state index contributed by atoms with van der Waals surface area (Å²) in [5, 5.41) is 3.93. The van der Waals surface area contributed by atoms with E-state index in [-0.39, 0.29) is 29.9 Å². The van der Waals surface area contributed by atoms with Gasteiger partial charge in [-0.15, -0.1) is 0 Å². The van der Waals surface area contributed by atoms with Crippen LogP contribution in [0.2, 0.25) is 0 Å². The fourth-order valence-corrected chi connectivity index (χ4v) is 3.54. The van der Waals surface area contributed by atoms with Gasteiger partial charge in [0, 0.05) is 13.0 Å². The standard InChI is InChI=1S/C17H22N2O3/c1-3-22-17(21)12(2)14-11-15(13-7-5-4-6-8-13)18-10-9-16(20)19(14)18/h4-8,12,14-15H,3,9-11H2,1-2H3/t12?,14-,15+/m0/s1. The highest BCUT2D eigenvalue weighted by molar-refractivity contribution is 5.80. The summed E-state index contributed by atoms with van der Waals surface area (Å²) < 4.78 is 5.15. The van der Waals surface area contributed by atoms with E-state index >= 15 is 0 Å². The number of carbonyl (C=O) groups is 2. The molecule has 0 saturated carbocycles. The molecule has 5 heteroatoms. The van der Waals surface area contributed by atoms with Gasteiger partial charge in [0.2, 0.25) is 5.91 Å². The van der Waals surface area contributed by atoms with E-state index in [0.717, 1.165) is 13.0 Å². The van der Waals surface area contributed by atoms with E-state index in [0.29, 0.717) is 13.0 Å². The number of nitrogens with zero attached hydrogens (tertiary/aromatic N) is 2. The van der Waals surface area contributed by atoms with E-state index in [1.807, 2.05) is 25.1 Å². The lowest BCUT2D eigenvalue weighted by Gasteiger charge is -2.29. The maximum Gasteiger partial charge on any atom is 0.310 e. The van der Waals surface area contributed by atoms with Gasteiger partial charge >= 0.3 is 5.97 Å². The van der Waals surface area contributed by atoms with Crippen molar-refractivity contribution in [2.75, 3.05) is 13.2 Å². The molecule has 0 bridgehead atoms. The third kappa shape index (κ3) is 2.50. The summed E-state index contributed by atoms with van der Waals surface area (Å²) in [4.78, 5) is 24.3. The van der Waals surface area contributed by atoms with Crippen LogP contribution in [0.3, 0.4) is 0 Å². The molecule has 2 heterocycles. The molecule has 2 saturated heterocycles. The van der Waals surface area contributed by atoms with Crippen molar-refractivity contribution < 1.29 is 14.3 Å². The quantitative estimate of drug-likeness (QED) is 0.800. The second-order valence-corrected chi connectivity index (χ2v) is 5.92. The van der Waals surface area contributed by atoms with Crippen LogP contribution in [-0.2, 0) is 14.3 Å². The highest BCUT2D eigenvalue weighted by atomic mass is 16.5. The minimum atomic E-state index is -0.307. The largest absolute Gasteiger partial charge is 0.466 e. The first-order valence-corrected chi connectivity index (χ1v) is 7.93. The van der Waals surface area contributed by atoms with Crippen molar-refractivity contribution >= 4 is 11.9 Å². The number of rotatable bonds is 4. The Kier molecular flexibility index (Phi) is 4.16. The summed E-state index contributed by atoms with van der Waals surface area (Å²) >= 11 is 0. The zero-order valence-electron chi connectivity index (χ0n) is 13.1. The number of ether oxygens (including phenoxy) is 1. The average Bonchev–Trinajstić information content (AvgIpc) is 3.09. The summed E-state index contributed by atoms with van der Waals surface area (Å²) in [5.74, 6) is -0.418. The van der Waals surface area contributed by atoms with Gasteiger partial charge in [0.1, 0.15) is 0 Å². The van der Waals surface area contributed by atoms with Crippen molar-refractivity contribution in [2.45, 2.75) is 38.8 Å². The molecule has 1 unspecified atom stereocenters. The lowest BCUT2D eigenvalue weighted by molar-refractivity contribution is -0.153. The van der Waals surface area contributed by atoms with Crippen LogP contribution in [0.15, 0.2) is 30.3 Å². The summed E-state index contributed by atoms with van der Waals surface area (Å²) in [6, 6.07) is 10.2. The first-order valence-electron chi connectivity index (χ1n) is 7.93. The molecule has 22 heavy (non-hydrogen) atoms. The SMILES string of the molecule is CCOC(=O)C(C)[C@@H]1C[C@H](c2ccccc2)N2CCC(=O)N12. The Labute approximate surface area is 130 Å². The molecule has 2 aliphatic rings. The predicted molar refractivity (Wildman–Crippen MR) is 81.6 cm³/mol. The van der Waals surface area contributed by atoms with E-state index in [9.17, 15) is 9.59 Å². The molecule has 1 aromatic carbocycles. The Morgan fingerprint density at radius 2 is 2.09 bits per heavy atom. The predicted octanol–water partition coefficient (Wildman–Crippen LogP) is 2.15. The van der Waals surface area contributed by atoms with Gasteiger partial charge in [-0.2, -0.15) is 0 Å². The van der Waals surface area contributed by atoms with E-state index in [1.54, 1.807) is 11.9 Å². The van der Waals surface area contributed by atoms with Crippen molar-refractivity contribution in [3.8, 4) is 0 Å². The molecule has 0 N–H and O–H groups in total. The second-order valence-electron chi connectivity index (χ2n) is 5.92. The van der Waals surface area contributed by atoms with Crippen molar-refractivity contribution in [1.82, 2.24) is 10.0 Å². The first-order chi connectivity index (χ1) is 10.6. The Morgan fingerprint density at radius 3 is 2.77 bits per heavy atom. The number of esters is 1. The zero-order valence-corrected chi connectivity index (χ0v) is 13.1. The number of fused-ring (bicyclic) bond motifs is 1. The van der Waals surface area contributed by atoms with Gasteiger partial charge in [-0.25, -0.2) is 5.01 Å². The van der Waals surface area contributed by atoms with Crippen LogP contribution >= 0.6 is 0 Å². The molecule has 3 rings (SSSR count). The molecule has 1 aromatic rings. The van der Waals surface area contributed by atoms with Gasteiger partial charge < -0.3 is 4.74 Å². The van der Waals surface area contributed by atoms with Crippen LogP contribution in [0.25, 0.3) is 0 Å². The number of amides is 1. The van der Waals surface area contributed by atoms with Crippen LogP contribution in [0.1, 0.15) is 38.3 Å². The highest BCUT2D eigenvalue weighted by Gasteiger charge is 2.49. The van der Waals surface area contributed by atoms with Crippen molar-refractivity contribution in [3.63, 3.8) is 0 Å². The van der Waals surface area contributed by atoms with E-state index in [1.165, 1.54) is 5.56 Å². The minimum Gasteiger partial charge on any atom is -0.466 e. The first kappa shape index (κ1) is 15.0. The smallest absolute Gasteiger partial charge is 0.310 e. The number of hydrazine groups is 1. The molecular formula is C17H22N2O3. The molecule has 0 aromatic heterocycles. The van der Waals surface area contributed by atoms with E-state index in [2.05, 4.69) is 17.1 Å². The Bertz CT molecular complexity index is 560. The lowest BCUT2D eigenvalue weighted by atomic mass is 9.93. The summed E-state index contributed by atoms with van der Waals surface area (Å²) in [6.45, 7) is 4.76. The number of hydrogen-bond donors (Lipinski definition) is 0. The van der Waals surface area contributed by atoms with Gasteiger partial charge in [0.15, 0.2) is 0 Å². The Hall–Kier alpha value is -1.88. The fourth-order valence-electron chi connectivity index (χ4n) is 3.54. The molecule has 3 atom stereocenters. The van der Waals surface area contributed by atoms with Crippen molar-refractivity contribution in [3.05, 3.63) is 35.9 Å². The monoisotopic (exact) mass is 302 g/mol. The van der Waals surface area contributed by atoms with Gasteiger partial charge in [-0.05, 0) is 25.8 Å². The summed E-state index contributed by atoms with van der Waals surface area (Å²) in [7, 11) is 0. The zero-order chi connectivity index (χ0) is 15.7. The Balaban J connectivity index is 1.86. The van der Waals surface area contributed by atoms with Gasteiger partial charge in [0.05, 0.1) is 24.6 Å². The molecule has 1 amide bonds. The minimum absolute atomic E-state index is 0.111. The topological polar surface area (TPSA) is 49.9 Å². The van der Waals surface area contributed by atoms with Crippen LogP contribution in [-0.4, -0.2) is 41.1 Å². The van der Waals surface area contributed by atoms with Crippen molar-refractivity contribution in [1.29, 1.82) is 0 Å². The van der Waals surface area contributed by atoms with Crippen LogP contribution in [0.4, 0.5) is 0 Å². The third-order valence-electron chi connectivity index (χ3n) is 4.65.